The van der Waals surface area contributed by atoms with Gasteiger partial charge in [-0.2, -0.15) is 10.1 Å². The highest BCUT2D eigenvalue weighted by molar-refractivity contribution is 6.05. The van der Waals surface area contributed by atoms with Crippen molar-refractivity contribution in [1.29, 1.82) is 0 Å². The number of aromatic hydroxyl groups is 1. The molecule has 5 aromatic rings. The Bertz CT molecular complexity index is 2800. The van der Waals surface area contributed by atoms with Crippen LogP contribution in [0.4, 0.5) is 9.59 Å². The van der Waals surface area contributed by atoms with Gasteiger partial charge in [0.1, 0.15) is 24.7 Å². The molecule has 0 spiro atoms. The van der Waals surface area contributed by atoms with Gasteiger partial charge in [-0.25, -0.2) is 9.59 Å². The van der Waals surface area contributed by atoms with E-state index < -0.39 is 6.09 Å². The second-order valence-electron chi connectivity index (χ2n) is 19.9. The summed E-state index contributed by atoms with van der Waals surface area (Å²) in [6, 6.07) is 30.4. The van der Waals surface area contributed by atoms with Crippen molar-refractivity contribution in [2.75, 3.05) is 47.9 Å². The predicted molar refractivity (Wildman–Crippen MR) is 307 cm³/mol. The molecule has 2 aliphatic heterocycles. The lowest BCUT2D eigenvalue weighted by Gasteiger charge is -2.34. The Morgan fingerprint density at radius 2 is 1.19 bits per heavy atom. The quantitative estimate of drug-likeness (QED) is 0.105. The number of benzene rings is 4. The number of hydrazone groups is 1. The number of hydrogen-bond acceptors (Lipinski definition) is 13. The number of allylic oxidation sites excluding steroid dienone is 3. The first-order chi connectivity index (χ1) is 37.6. The van der Waals surface area contributed by atoms with Crippen molar-refractivity contribution in [3.05, 3.63) is 154 Å². The Kier molecular flexibility index (Phi) is 24.8. The summed E-state index contributed by atoms with van der Waals surface area (Å²) >= 11 is 0. The molecule has 0 bridgehead atoms. The van der Waals surface area contributed by atoms with Crippen molar-refractivity contribution < 1.29 is 38.5 Å². The smallest absolute Gasteiger partial charge is 0.415 e. The highest BCUT2D eigenvalue weighted by Crippen LogP contribution is 2.40. The third-order valence-corrected chi connectivity index (χ3v) is 13.5. The maximum Gasteiger partial charge on any atom is 0.415 e. The first kappa shape index (κ1) is 62.0. The minimum Gasteiger partial charge on any atom is -0.508 e. The fourth-order valence-corrected chi connectivity index (χ4v) is 8.88. The van der Waals surface area contributed by atoms with Crippen LogP contribution < -0.4 is 15.4 Å². The second kappa shape index (κ2) is 31.5. The molecule has 3 heterocycles. The maximum absolute atomic E-state index is 12.7. The van der Waals surface area contributed by atoms with E-state index >= 15 is 0 Å². The van der Waals surface area contributed by atoms with Gasteiger partial charge in [-0.05, 0) is 127 Å². The largest absolute Gasteiger partial charge is 0.508 e. The third-order valence-electron chi connectivity index (χ3n) is 13.5. The van der Waals surface area contributed by atoms with Crippen LogP contribution in [-0.2, 0) is 25.6 Å². The third kappa shape index (κ3) is 19.5. The summed E-state index contributed by atoms with van der Waals surface area (Å²) in [6.07, 6.45) is 14.3. The van der Waals surface area contributed by atoms with Gasteiger partial charge in [0, 0.05) is 39.7 Å². The monoisotopic (exact) mass is 1080 g/mol. The molecule has 5 amide bonds. The molecule has 0 radical (unpaired) electrons. The van der Waals surface area contributed by atoms with Gasteiger partial charge in [0.15, 0.2) is 5.82 Å². The molecule has 3 atom stereocenters. The van der Waals surface area contributed by atoms with E-state index in [1.807, 2.05) is 76.3 Å². The van der Waals surface area contributed by atoms with Crippen LogP contribution in [0.15, 0.2) is 126 Å². The van der Waals surface area contributed by atoms with Crippen LogP contribution in [0, 0.1) is 33.6 Å². The van der Waals surface area contributed by atoms with Crippen LogP contribution >= 0.6 is 0 Å². The SMILES string of the molecule is C.CNC(=O)COC1CC/C=C/CCC1.CNC(=O)COC1CCCC2=C3CN(C)C(=O)N3N=C(c3ccc(C)cc3)C2CC1.Cc1ccc(O)cc1.Cc1ccc(OC(=O)N(C)Cc2nnc(-c3ccc(C)cc3)nn2)cc1. The van der Waals surface area contributed by atoms with Crippen LogP contribution in [0.3, 0.4) is 0 Å². The number of nitrogens with one attached hydrogen (secondary N) is 2. The zero-order valence-electron chi connectivity index (χ0n) is 46.4. The number of carbonyl (C=O) groups is 4. The van der Waals surface area contributed by atoms with Crippen molar-refractivity contribution in [3.8, 4) is 22.9 Å². The van der Waals surface area contributed by atoms with Crippen LogP contribution in [0.5, 0.6) is 11.5 Å². The number of phenols is 1. The van der Waals surface area contributed by atoms with Gasteiger partial charge in [0.2, 0.25) is 17.6 Å². The number of hydrogen-bond donors (Lipinski definition) is 3. The van der Waals surface area contributed by atoms with E-state index in [0.29, 0.717) is 29.7 Å². The summed E-state index contributed by atoms with van der Waals surface area (Å²) in [4.78, 5) is 50.4. The summed E-state index contributed by atoms with van der Waals surface area (Å²) in [6.45, 7) is 9.10. The molecule has 3 N–H and O–H groups in total. The topological polar surface area (TPSA) is 214 Å². The molecule has 1 saturated carbocycles. The Labute approximate surface area is 466 Å². The Morgan fingerprint density at radius 1 is 0.671 bits per heavy atom. The Balaban J connectivity index is 0.000000212. The number of nitrogens with zero attached hydrogens (tertiary/aromatic N) is 8. The summed E-state index contributed by atoms with van der Waals surface area (Å²) in [7, 11) is 6.69. The predicted octanol–water partition coefficient (Wildman–Crippen LogP) is 10.2. The molecule has 422 valence electrons. The summed E-state index contributed by atoms with van der Waals surface area (Å²) in [5.74, 6) is 1.63. The van der Waals surface area contributed by atoms with E-state index in [2.05, 4.69) is 74.4 Å². The van der Waals surface area contributed by atoms with Crippen molar-refractivity contribution in [1.82, 2.24) is 45.8 Å². The minimum absolute atomic E-state index is 0. The summed E-state index contributed by atoms with van der Waals surface area (Å²) < 4.78 is 16.7. The number of amides is 5. The van der Waals surface area contributed by atoms with Gasteiger partial charge in [-0.3, -0.25) is 9.59 Å². The Hall–Kier alpha value is -7.83. The average Bonchev–Trinajstić information content (AvgIpc) is 3.96. The lowest BCUT2D eigenvalue weighted by atomic mass is 9.78. The number of fused-ring (bicyclic) bond motifs is 2. The zero-order valence-corrected chi connectivity index (χ0v) is 46.4. The van der Waals surface area contributed by atoms with Gasteiger partial charge in [-0.15, -0.1) is 20.4 Å². The molecule has 3 unspecified atom stereocenters. The van der Waals surface area contributed by atoms with Gasteiger partial charge in [0.25, 0.3) is 0 Å². The average molecular weight is 1080 g/mol. The molecule has 18 heteroatoms. The minimum atomic E-state index is -0.500. The molecular weight excluding hydrogens is 1000 g/mol. The van der Waals surface area contributed by atoms with Gasteiger partial charge < -0.3 is 39.8 Å². The highest BCUT2D eigenvalue weighted by Gasteiger charge is 2.41. The van der Waals surface area contributed by atoms with Crippen LogP contribution in [-0.4, -0.2) is 130 Å². The first-order valence-electron chi connectivity index (χ1n) is 26.7. The van der Waals surface area contributed by atoms with E-state index in [9.17, 15) is 19.2 Å². The number of likely N-dealkylation sites (N-methyl/N-ethyl adjacent to an activating group) is 3. The molecular formula is C61H80N10O8. The molecule has 2 aliphatic carbocycles. The lowest BCUT2D eigenvalue weighted by molar-refractivity contribution is -0.128. The van der Waals surface area contributed by atoms with E-state index in [1.165, 1.54) is 21.6 Å². The van der Waals surface area contributed by atoms with E-state index in [0.717, 1.165) is 97.9 Å². The molecule has 9 rings (SSSR count). The van der Waals surface area contributed by atoms with Crippen LogP contribution in [0.2, 0.25) is 0 Å². The number of aryl methyl sites for hydroxylation is 4. The summed E-state index contributed by atoms with van der Waals surface area (Å²) in [5, 5.41) is 36.6. The standard InChI is InChI=1S/C23H30N4O3.C19H19N5O2.C11H19NO2.C7H8O.CH4/c1-15-7-9-16(10-8-15)22-19-12-11-17(30-14-21(28)24-2)5-4-6-18(19)20-13-26(3)23(29)27(20)25-22;1-13-4-8-15(9-5-13)18-22-20-17(21-23-18)12-24(3)19(25)26-16-10-6-14(2)7-11-16;1-12-11(13)9-14-10-7-5-3-2-4-6-8-10;1-6-2-4-7(8)5-3-6;/h7-10,17,19H,4-6,11-14H2,1-3H3,(H,24,28);4-11H,12H2,1-3H3;2-3,10H,4-9H2,1H3,(H,12,13);2-5,8H,1H3;1H4/b;;3-2+;;. The number of urea groups is 1. The lowest BCUT2D eigenvalue weighted by Crippen LogP contribution is -2.35. The van der Waals surface area contributed by atoms with Gasteiger partial charge >= 0.3 is 12.1 Å². The first-order valence-corrected chi connectivity index (χ1v) is 26.7. The molecule has 4 aliphatic rings. The summed E-state index contributed by atoms with van der Waals surface area (Å²) in [5.41, 5.74) is 9.87. The maximum atomic E-state index is 12.7. The van der Waals surface area contributed by atoms with Gasteiger partial charge in [0.05, 0.1) is 36.7 Å². The normalized spacial score (nSPS) is 17.9. The number of aromatic nitrogens is 4. The fraction of sp³-hybridized carbons (Fsp3) is 0.426. The van der Waals surface area contributed by atoms with Crippen LogP contribution in [0.1, 0.15) is 105 Å². The van der Waals surface area contributed by atoms with Crippen molar-refractivity contribution in [2.45, 2.75) is 118 Å². The highest BCUT2D eigenvalue weighted by atomic mass is 16.6. The van der Waals surface area contributed by atoms with Crippen molar-refractivity contribution in [3.63, 3.8) is 0 Å². The molecule has 18 nitrogen and oxygen atoms in total. The van der Waals surface area contributed by atoms with Gasteiger partial charge in [-0.1, -0.05) is 115 Å². The Morgan fingerprint density at radius 3 is 1.76 bits per heavy atom. The van der Waals surface area contributed by atoms with E-state index in [-0.39, 0.29) is 63.2 Å². The number of carbonyl (C=O) groups excluding carboxylic acids is 4. The number of rotatable bonds is 11. The molecule has 2 fully saturated rings. The van der Waals surface area contributed by atoms with Crippen molar-refractivity contribution in [2.24, 2.45) is 11.0 Å². The molecule has 79 heavy (non-hydrogen) atoms. The number of ether oxygens (including phenoxy) is 3. The zero-order chi connectivity index (χ0) is 56.0. The van der Waals surface area contributed by atoms with Crippen molar-refractivity contribution >= 4 is 29.7 Å². The van der Waals surface area contributed by atoms with E-state index in [4.69, 9.17) is 24.4 Å². The van der Waals surface area contributed by atoms with Crippen LogP contribution in [0.25, 0.3) is 11.4 Å². The molecule has 1 saturated heterocycles. The molecule has 1 aromatic heterocycles. The van der Waals surface area contributed by atoms with E-state index in [1.54, 1.807) is 55.3 Å². The number of phenolic OH excluding ortho intramolecular Hbond substituents is 1. The second-order valence-corrected chi connectivity index (χ2v) is 19.9. The fourth-order valence-electron chi connectivity index (χ4n) is 8.88. The molecule has 4 aromatic carbocycles.